The standard InChI is InChI=1S/C15H6F6N2O6/c16-8-2-1-6(3-10(8)27-14(17,18)19)22-13(24)7-4-11-12(5-9(7)23(25)26)29-15(20,21)28-11/h1-5H,(H,22,24). The number of alkyl halides is 5. The monoisotopic (exact) mass is 424 g/mol. The largest absolute Gasteiger partial charge is 0.586 e. The average molecular weight is 424 g/mol. The Kier molecular flexibility index (Phi) is 4.64. The van der Waals surface area contributed by atoms with Crippen molar-refractivity contribution in [2.45, 2.75) is 12.7 Å². The van der Waals surface area contributed by atoms with Crippen LogP contribution in [0.3, 0.4) is 0 Å². The van der Waals surface area contributed by atoms with E-state index in [1.54, 1.807) is 0 Å². The molecule has 1 amide bonds. The normalized spacial score (nSPS) is 14.4. The van der Waals surface area contributed by atoms with Gasteiger partial charge in [-0.2, -0.15) is 0 Å². The van der Waals surface area contributed by atoms with Crippen molar-refractivity contribution in [2.24, 2.45) is 0 Å². The summed E-state index contributed by atoms with van der Waals surface area (Å²) in [6.07, 6.45) is -9.32. The highest BCUT2D eigenvalue weighted by Crippen LogP contribution is 2.44. The van der Waals surface area contributed by atoms with Gasteiger partial charge >= 0.3 is 12.7 Å². The molecule has 0 unspecified atom stereocenters. The van der Waals surface area contributed by atoms with Gasteiger partial charge in [0.05, 0.1) is 11.0 Å². The highest BCUT2D eigenvalue weighted by Gasteiger charge is 2.45. The number of halogens is 6. The third-order valence-corrected chi connectivity index (χ3v) is 3.38. The molecule has 3 rings (SSSR count). The maximum atomic E-state index is 13.4. The van der Waals surface area contributed by atoms with Crippen LogP contribution in [0.5, 0.6) is 17.2 Å². The lowest BCUT2D eigenvalue weighted by Gasteiger charge is -2.12. The van der Waals surface area contributed by atoms with E-state index in [0.717, 1.165) is 6.07 Å². The summed E-state index contributed by atoms with van der Waals surface area (Å²) < 4.78 is 88.1. The highest BCUT2D eigenvalue weighted by atomic mass is 19.4. The number of anilines is 1. The van der Waals surface area contributed by atoms with E-state index in [-0.39, 0.29) is 0 Å². The zero-order chi connectivity index (χ0) is 21.6. The minimum absolute atomic E-state index is 0.423. The minimum Gasteiger partial charge on any atom is -0.403 e. The van der Waals surface area contributed by atoms with Gasteiger partial charge in [0.1, 0.15) is 5.56 Å². The Morgan fingerprint density at radius 3 is 2.34 bits per heavy atom. The molecule has 2 aromatic carbocycles. The van der Waals surface area contributed by atoms with Crippen LogP contribution in [0.1, 0.15) is 10.4 Å². The smallest absolute Gasteiger partial charge is 0.403 e. The van der Waals surface area contributed by atoms with E-state index >= 15 is 0 Å². The number of hydrogen-bond donors (Lipinski definition) is 1. The van der Waals surface area contributed by atoms with Crippen molar-refractivity contribution in [1.29, 1.82) is 0 Å². The van der Waals surface area contributed by atoms with Crippen LogP contribution < -0.4 is 19.5 Å². The van der Waals surface area contributed by atoms with Crippen LogP contribution in [0.4, 0.5) is 37.7 Å². The molecule has 29 heavy (non-hydrogen) atoms. The van der Waals surface area contributed by atoms with Gasteiger partial charge in [-0.3, -0.25) is 14.9 Å². The molecule has 0 fully saturated rings. The molecule has 0 saturated heterocycles. The first-order chi connectivity index (χ1) is 13.3. The molecule has 0 spiro atoms. The zero-order valence-electron chi connectivity index (χ0n) is 13.6. The van der Waals surface area contributed by atoms with Crippen molar-refractivity contribution in [3.8, 4) is 17.2 Å². The molecule has 0 bridgehead atoms. The topological polar surface area (TPSA) is 99.9 Å². The van der Waals surface area contributed by atoms with Crippen LogP contribution in [0.15, 0.2) is 30.3 Å². The number of ether oxygens (including phenoxy) is 3. The number of nitrogens with one attached hydrogen (secondary N) is 1. The number of nitro groups is 1. The van der Waals surface area contributed by atoms with E-state index in [1.165, 1.54) is 0 Å². The maximum absolute atomic E-state index is 13.4. The van der Waals surface area contributed by atoms with Crippen molar-refractivity contribution in [2.75, 3.05) is 5.32 Å². The summed E-state index contributed by atoms with van der Waals surface area (Å²) in [4.78, 5) is 22.4. The Bertz CT molecular complexity index is 1010. The second-order valence-corrected chi connectivity index (χ2v) is 5.39. The van der Waals surface area contributed by atoms with Gasteiger partial charge < -0.3 is 19.5 Å². The first-order valence-electron chi connectivity index (χ1n) is 7.29. The van der Waals surface area contributed by atoms with E-state index in [1.807, 2.05) is 5.32 Å². The number of nitro benzene ring substituents is 1. The molecule has 0 aliphatic carbocycles. The van der Waals surface area contributed by atoms with E-state index in [9.17, 15) is 41.3 Å². The van der Waals surface area contributed by atoms with Crippen molar-refractivity contribution < 1.29 is 50.3 Å². The lowest BCUT2D eigenvalue weighted by Crippen LogP contribution is -2.25. The summed E-state index contributed by atoms with van der Waals surface area (Å²) in [6, 6.07) is 3.00. The predicted molar refractivity (Wildman–Crippen MR) is 80.3 cm³/mol. The molecule has 0 saturated carbocycles. The lowest BCUT2D eigenvalue weighted by atomic mass is 10.1. The fourth-order valence-electron chi connectivity index (χ4n) is 2.30. The van der Waals surface area contributed by atoms with Crippen LogP contribution in [0, 0.1) is 15.9 Å². The van der Waals surface area contributed by atoms with Crippen molar-refractivity contribution in [3.05, 3.63) is 51.8 Å². The molecule has 154 valence electrons. The average Bonchev–Trinajstić information content (AvgIpc) is 2.88. The van der Waals surface area contributed by atoms with Crippen LogP contribution in [-0.2, 0) is 0 Å². The summed E-state index contributed by atoms with van der Waals surface area (Å²) in [5, 5.41) is 13.1. The molecule has 14 heteroatoms. The third kappa shape index (κ3) is 4.41. The lowest BCUT2D eigenvalue weighted by molar-refractivity contribution is -0.385. The van der Waals surface area contributed by atoms with E-state index in [4.69, 9.17) is 0 Å². The third-order valence-electron chi connectivity index (χ3n) is 3.38. The second kappa shape index (κ2) is 6.72. The number of amides is 1. The fourth-order valence-corrected chi connectivity index (χ4v) is 2.30. The summed E-state index contributed by atoms with van der Waals surface area (Å²) in [5.74, 6) is -5.30. The van der Waals surface area contributed by atoms with Gasteiger partial charge in [0, 0.05) is 17.8 Å². The predicted octanol–water partition coefficient (Wildman–Crippen LogP) is 4.21. The molecule has 2 aromatic rings. The molecule has 8 nitrogen and oxygen atoms in total. The molecule has 1 aliphatic rings. The van der Waals surface area contributed by atoms with Crippen molar-refractivity contribution >= 4 is 17.3 Å². The number of benzene rings is 2. The Morgan fingerprint density at radius 1 is 1.14 bits per heavy atom. The SMILES string of the molecule is O=C(Nc1ccc(F)c(OC(F)(F)F)c1)c1cc2c(cc1[N+](=O)[O-])OC(F)(F)O2. The summed E-state index contributed by atoms with van der Waals surface area (Å²) in [7, 11) is 0. The van der Waals surface area contributed by atoms with E-state index in [2.05, 4.69) is 14.2 Å². The molecule has 0 radical (unpaired) electrons. The Hall–Kier alpha value is -3.71. The van der Waals surface area contributed by atoms with Gasteiger partial charge in [-0.05, 0) is 12.1 Å². The second-order valence-electron chi connectivity index (χ2n) is 5.39. The van der Waals surface area contributed by atoms with E-state index < -0.39 is 63.5 Å². The number of fused-ring (bicyclic) bond motifs is 1. The minimum atomic E-state index is -5.22. The Morgan fingerprint density at radius 2 is 1.76 bits per heavy atom. The van der Waals surface area contributed by atoms with Crippen LogP contribution in [0.25, 0.3) is 0 Å². The Balaban J connectivity index is 1.92. The van der Waals surface area contributed by atoms with Gasteiger partial charge in [0.15, 0.2) is 23.1 Å². The summed E-state index contributed by atoms with van der Waals surface area (Å²) in [5.41, 5.74) is -2.14. The summed E-state index contributed by atoms with van der Waals surface area (Å²) >= 11 is 0. The highest BCUT2D eigenvalue weighted by molar-refractivity contribution is 6.07. The van der Waals surface area contributed by atoms with Crippen LogP contribution >= 0.6 is 0 Å². The number of carbonyl (C=O) groups excluding carboxylic acids is 1. The van der Waals surface area contributed by atoms with Gasteiger partial charge in [0.2, 0.25) is 0 Å². The number of hydrogen-bond acceptors (Lipinski definition) is 6. The number of nitrogens with zero attached hydrogens (tertiary/aromatic N) is 1. The van der Waals surface area contributed by atoms with Gasteiger partial charge in [-0.25, -0.2) is 4.39 Å². The Labute approximate surface area is 155 Å². The molecule has 0 aromatic heterocycles. The zero-order valence-corrected chi connectivity index (χ0v) is 13.6. The van der Waals surface area contributed by atoms with Gasteiger partial charge in [-0.15, -0.1) is 22.0 Å². The van der Waals surface area contributed by atoms with Crippen molar-refractivity contribution in [1.82, 2.24) is 0 Å². The van der Waals surface area contributed by atoms with E-state index in [0.29, 0.717) is 24.3 Å². The first-order valence-corrected chi connectivity index (χ1v) is 7.29. The van der Waals surface area contributed by atoms with Crippen LogP contribution in [0.2, 0.25) is 0 Å². The molecule has 1 aliphatic heterocycles. The number of carbonyl (C=O) groups is 1. The first kappa shape index (κ1) is 20.0. The maximum Gasteiger partial charge on any atom is 0.586 e. The number of rotatable bonds is 4. The van der Waals surface area contributed by atoms with Crippen molar-refractivity contribution in [3.63, 3.8) is 0 Å². The molecular weight excluding hydrogens is 418 g/mol. The van der Waals surface area contributed by atoms with Crippen LogP contribution in [-0.4, -0.2) is 23.5 Å². The molecule has 1 N–H and O–H groups in total. The molecule has 1 heterocycles. The summed E-state index contributed by atoms with van der Waals surface area (Å²) in [6.45, 7) is 0. The van der Waals surface area contributed by atoms with Gasteiger partial charge in [-0.1, -0.05) is 0 Å². The fraction of sp³-hybridized carbons (Fsp3) is 0.133. The quantitative estimate of drug-likeness (QED) is 0.449. The van der Waals surface area contributed by atoms with Gasteiger partial charge in [0.25, 0.3) is 11.6 Å². The molecular formula is C15H6F6N2O6. The molecule has 0 atom stereocenters.